The lowest BCUT2D eigenvalue weighted by atomic mass is 9.90. The molecule has 2 aromatic heterocycles. The Balaban J connectivity index is 0.974. The van der Waals surface area contributed by atoms with Crippen molar-refractivity contribution in [2.45, 2.75) is 38.5 Å². The summed E-state index contributed by atoms with van der Waals surface area (Å²) < 4.78 is 40.0. The van der Waals surface area contributed by atoms with Crippen LogP contribution in [0, 0.1) is 0 Å². The van der Waals surface area contributed by atoms with Crippen LogP contribution in [0.5, 0.6) is 5.75 Å². The van der Waals surface area contributed by atoms with Gasteiger partial charge in [0, 0.05) is 65.9 Å². The second kappa shape index (κ2) is 12.6. The number of allylic oxidation sites excluding steroid dienone is 2. The number of carbonyl (C=O) groups excluding carboxylic acids is 4. The maximum absolute atomic E-state index is 16.1. The minimum Gasteiger partial charge on any atom is -0.484 e. The summed E-state index contributed by atoms with van der Waals surface area (Å²) >= 11 is 1.42. The predicted octanol–water partition coefficient (Wildman–Crippen LogP) is 4.53. The van der Waals surface area contributed by atoms with Crippen LogP contribution < -0.4 is 10.1 Å². The number of rotatable bonds is 12. The third-order valence-electron chi connectivity index (χ3n) is 7.69. The summed E-state index contributed by atoms with van der Waals surface area (Å²) in [5.74, 6) is -1.59. The lowest BCUT2D eigenvalue weighted by Crippen LogP contribution is -2.50. The average Bonchev–Trinajstić information content (AvgIpc) is 3.83. The number of halogens is 2. The van der Waals surface area contributed by atoms with E-state index in [9.17, 15) is 19.2 Å². The van der Waals surface area contributed by atoms with E-state index < -0.39 is 24.8 Å². The summed E-state index contributed by atoms with van der Waals surface area (Å²) in [5, 5.41) is 5.14. The molecule has 0 atom stereocenters. The van der Waals surface area contributed by atoms with Crippen LogP contribution in [0.3, 0.4) is 0 Å². The van der Waals surface area contributed by atoms with Crippen LogP contribution in [0.4, 0.5) is 8.63 Å². The molecule has 3 aromatic rings. The molecule has 45 heavy (non-hydrogen) atoms. The monoisotopic (exact) mass is 634 g/mol. The third-order valence-corrected chi connectivity index (χ3v) is 8.58. The first-order chi connectivity index (χ1) is 21.7. The van der Waals surface area contributed by atoms with Crippen molar-refractivity contribution >= 4 is 53.8 Å². The fraction of sp³-hybridized carbons (Fsp3) is 0.258. The molecule has 6 rings (SSSR count). The first-order valence-corrected chi connectivity index (χ1v) is 15.5. The van der Waals surface area contributed by atoms with Crippen molar-refractivity contribution < 1.29 is 41.9 Å². The molecule has 14 heteroatoms. The fourth-order valence-corrected chi connectivity index (χ4v) is 6.26. The Kier molecular flexibility index (Phi) is 8.48. The largest absolute Gasteiger partial charge is 0.737 e. The Morgan fingerprint density at radius 3 is 2.49 bits per heavy atom. The zero-order valence-electron chi connectivity index (χ0n) is 24.1. The first-order valence-electron chi connectivity index (χ1n) is 14.6. The number of carbonyl (C=O) groups is 4. The van der Waals surface area contributed by atoms with Gasteiger partial charge in [-0.25, -0.2) is 4.79 Å². The van der Waals surface area contributed by atoms with Crippen molar-refractivity contribution in [3.8, 4) is 16.3 Å². The summed E-state index contributed by atoms with van der Waals surface area (Å²) in [7, 11) is 0. The van der Waals surface area contributed by atoms with Crippen molar-refractivity contribution in [1.82, 2.24) is 14.9 Å². The topological polar surface area (TPSA) is 110 Å². The highest BCUT2D eigenvalue weighted by atomic mass is 32.1. The van der Waals surface area contributed by atoms with Crippen LogP contribution >= 0.6 is 11.3 Å². The lowest BCUT2D eigenvalue weighted by Gasteiger charge is -2.30. The molecule has 0 radical (unpaired) electrons. The van der Waals surface area contributed by atoms with Gasteiger partial charge in [0.05, 0.1) is 0 Å². The highest BCUT2D eigenvalue weighted by molar-refractivity contribution is 7.13. The molecule has 3 aliphatic rings. The second-order valence-electron chi connectivity index (χ2n) is 10.8. The minimum absolute atomic E-state index is 0.0464. The normalized spacial score (nSPS) is 16.5. The number of hydrogen-bond donors (Lipinski definition) is 1. The lowest BCUT2D eigenvalue weighted by molar-refractivity contribution is -0.360. The number of hydrogen-bond acceptors (Lipinski definition) is 7. The molecule has 0 aliphatic carbocycles. The number of hydroxylamine groups is 2. The van der Waals surface area contributed by atoms with Crippen LogP contribution in [0.15, 0.2) is 71.8 Å². The number of fused-ring (bicyclic) bond motifs is 2. The smallest absolute Gasteiger partial charge is 0.484 e. The van der Waals surface area contributed by atoms with Crippen LogP contribution in [0.25, 0.3) is 16.6 Å². The molecule has 10 nitrogen and oxygen atoms in total. The molecular formula is C31H29BF2N4O6S. The van der Waals surface area contributed by atoms with E-state index in [1.807, 2.05) is 17.5 Å². The molecular weight excluding hydrogens is 605 g/mol. The van der Waals surface area contributed by atoms with E-state index in [-0.39, 0.29) is 31.8 Å². The molecule has 3 amide bonds. The molecule has 0 bridgehead atoms. The zero-order valence-corrected chi connectivity index (χ0v) is 24.9. The number of aromatic nitrogens is 1. The van der Waals surface area contributed by atoms with Crippen molar-refractivity contribution in [2.75, 3.05) is 13.2 Å². The summed E-state index contributed by atoms with van der Waals surface area (Å²) in [6.45, 7) is -4.00. The maximum Gasteiger partial charge on any atom is 0.737 e. The van der Waals surface area contributed by atoms with Gasteiger partial charge in [-0.1, -0.05) is 12.5 Å². The van der Waals surface area contributed by atoms with Gasteiger partial charge < -0.3 is 32.5 Å². The van der Waals surface area contributed by atoms with E-state index >= 15 is 8.63 Å². The van der Waals surface area contributed by atoms with Gasteiger partial charge in [-0.3, -0.25) is 14.4 Å². The van der Waals surface area contributed by atoms with E-state index in [1.54, 1.807) is 54.6 Å². The maximum atomic E-state index is 16.1. The summed E-state index contributed by atoms with van der Waals surface area (Å²) in [5.41, 5.74) is 2.31. The number of imide groups is 1. The van der Waals surface area contributed by atoms with Gasteiger partial charge >= 0.3 is 12.9 Å². The Labute approximate surface area is 261 Å². The molecule has 1 saturated heterocycles. The number of amides is 3. The fourth-order valence-electron chi connectivity index (χ4n) is 5.51. The van der Waals surface area contributed by atoms with Crippen LogP contribution in [-0.2, 0) is 24.0 Å². The van der Waals surface area contributed by atoms with Gasteiger partial charge in [-0.2, -0.15) is 0 Å². The van der Waals surface area contributed by atoms with Gasteiger partial charge in [0.15, 0.2) is 18.0 Å². The zero-order chi connectivity index (χ0) is 31.6. The SMILES string of the molecule is O=C(COc1ccc(C2=[N+]3C(=Cc4ccc(-c5cccs5)n4[B-]3(F)F)C=C2)cc1)NCCCCCC(=O)ON1C(=O)CCC1=O. The Morgan fingerprint density at radius 1 is 0.978 bits per heavy atom. The van der Waals surface area contributed by atoms with Crippen molar-refractivity contribution in [1.29, 1.82) is 0 Å². The average molecular weight is 634 g/mol. The van der Waals surface area contributed by atoms with E-state index in [2.05, 4.69) is 5.32 Å². The molecule has 232 valence electrons. The third kappa shape index (κ3) is 6.23. The number of nitrogens with one attached hydrogen (secondary N) is 1. The minimum atomic E-state index is -4.16. The van der Waals surface area contributed by atoms with Crippen molar-refractivity contribution in [2.24, 2.45) is 0 Å². The predicted molar refractivity (Wildman–Crippen MR) is 163 cm³/mol. The van der Waals surface area contributed by atoms with Crippen LogP contribution in [0.1, 0.15) is 49.8 Å². The number of thiophene rings is 1. The molecule has 3 aliphatic heterocycles. The van der Waals surface area contributed by atoms with E-state index in [0.717, 1.165) is 13.8 Å². The quantitative estimate of drug-likeness (QED) is 0.178. The van der Waals surface area contributed by atoms with Crippen molar-refractivity contribution in [3.05, 3.63) is 83.0 Å². The summed E-state index contributed by atoms with van der Waals surface area (Å²) in [4.78, 5) is 52.6. The van der Waals surface area contributed by atoms with Gasteiger partial charge in [-0.15, -0.1) is 16.4 Å². The van der Waals surface area contributed by atoms with E-state index in [4.69, 9.17) is 9.57 Å². The first kappa shape index (κ1) is 30.2. The summed E-state index contributed by atoms with van der Waals surface area (Å²) in [6.07, 6.45) is 6.98. The Hall–Kier alpha value is -4.85. The number of ether oxygens (including phenoxy) is 1. The van der Waals surface area contributed by atoms with Gasteiger partial charge in [-0.05, 0) is 60.7 Å². The van der Waals surface area contributed by atoms with Gasteiger partial charge in [0.2, 0.25) is 0 Å². The highest BCUT2D eigenvalue weighted by Gasteiger charge is 2.52. The molecule has 1 fully saturated rings. The molecule has 1 N–H and O–H groups in total. The Bertz CT molecular complexity index is 1730. The standard InChI is InChI=1S/C31H29BF2N4O6S/c33-32(34)36-22(19-23-10-14-26(37(23)32)27-5-4-18-45-27)9-13-25(36)21-7-11-24(12-8-21)43-20-28(39)35-17-3-1-2-6-31(42)44-38-29(40)15-16-30(38)41/h4-5,7-14,18-19H,1-3,6,15-17,20H2,(H,35,39). The van der Waals surface area contributed by atoms with Crippen LogP contribution in [-0.4, -0.2) is 63.6 Å². The highest BCUT2D eigenvalue weighted by Crippen LogP contribution is 2.38. The molecule has 5 heterocycles. The molecule has 0 saturated carbocycles. The number of benzene rings is 1. The molecule has 1 aromatic carbocycles. The van der Waals surface area contributed by atoms with Crippen molar-refractivity contribution in [3.63, 3.8) is 0 Å². The number of nitrogens with zero attached hydrogens (tertiary/aromatic N) is 3. The second-order valence-corrected chi connectivity index (χ2v) is 11.7. The summed E-state index contributed by atoms with van der Waals surface area (Å²) in [6, 6.07) is 13.8. The van der Waals surface area contributed by atoms with Crippen LogP contribution in [0.2, 0.25) is 0 Å². The molecule has 0 unspecified atom stereocenters. The van der Waals surface area contributed by atoms with Gasteiger partial charge in [0.25, 0.3) is 17.7 Å². The van der Waals surface area contributed by atoms with E-state index in [0.29, 0.717) is 65.0 Å². The number of unbranched alkanes of at least 4 members (excludes halogenated alkanes) is 2. The van der Waals surface area contributed by atoms with Gasteiger partial charge in [0.1, 0.15) is 5.75 Å². The molecule has 0 spiro atoms. The van der Waals surface area contributed by atoms with E-state index in [1.165, 1.54) is 11.3 Å². The Morgan fingerprint density at radius 2 is 1.76 bits per heavy atom.